The first-order chi connectivity index (χ1) is 11.9. The van der Waals surface area contributed by atoms with Crippen LogP contribution in [0.4, 0.5) is 11.4 Å². The number of halogens is 1. The lowest BCUT2D eigenvalue weighted by Gasteiger charge is -2.21. The third-order valence-corrected chi connectivity index (χ3v) is 4.62. The normalized spacial score (nSPS) is 10.8. The molecule has 0 aliphatic carbocycles. The summed E-state index contributed by atoms with van der Waals surface area (Å²) in [5, 5.41) is 3.61. The summed E-state index contributed by atoms with van der Waals surface area (Å²) >= 11 is 6.11. The molecular formula is C20H26ClN3O. The second-order valence-electron chi connectivity index (χ2n) is 6.32. The summed E-state index contributed by atoms with van der Waals surface area (Å²) in [6.07, 6.45) is 0. The molecule has 0 saturated heterocycles. The molecule has 0 spiro atoms. The third kappa shape index (κ3) is 5.48. The van der Waals surface area contributed by atoms with Crippen molar-refractivity contribution < 1.29 is 4.79 Å². The van der Waals surface area contributed by atoms with Crippen molar-refractivity contribution in [3.8, 4) is 0 Å². The minimum atomic E-state index is -0.0304. The molecular weight excluding hydrogens is 334 g/mol. The van der Waals surface area contributed by atoms with E-state index >= 15 is 0 Å². The van der Waals surface area contributed by atoms with Crippen molar-refractivity contribution >= 4 is 28.9 Å². The minimum Gasteiger partial charge on any atom is -0.378 e. The first kappa shape index (κ1) is 19.3. The number of carbonyl (C=O) groups excluding carboxylic acids is 1. The van der Waals surface area contributed by atoms with Crippen LogP contribution in [0.15, 0.2) is 42.5 Å². The number of rotatable bonds is 7. The molecule has 0 atom stereocenters. The zero-order chi connectivity index (χ0) is 18.4. The minimum absolute atomic E-state index is 0.0304. The zero-order valence-electron chi connectivity index (χ0n) is 15.3. The summed E-state index contributed by atoms with van der Waals surface area (Å²) in [6, 6.07) is 13.9. The average Bonchev–Trinajstić information content (AvgIpc) is 2.58. The lowest BCUT2D eigenvalue weighted by Crippen LogP contribution is -2.32. The van der Waals surface area contributed by atoms with Gasteiger partial charge in [-0.2, -0.15) is 0 Å². The molecule has 0 bridgehead atoms. The van der Waals surface area contributed by atoms with Gasteiger partial charge in [0.2, 0.25) is 5.91 Å². The predicted molar refractivity (Wildman–Crippen MR) is 107 cm³/mol. The molecule has 25 heavy (non-hydrogen) atoms. The van der Waals surface area contributed by atoms with E-state index in [1.54, 1.807) is 0 Å². The summed E-state index contributed by atoms with van der Waals surface area (Å²) in [5.74, 6) is -0.0304. The maximum Gasteiger partial charge on any atom is 0.238 e. The van der Waals surface area contributed by atoms with E-state index in [9.17, 15) is 4.79 Å². The van der Waals surface area contributed by atoms with E-state index in [1.165, 1.54) is 11.3 Å². The smallest absolute Gasteiger partial charge is 0.238 e. The molecule has 0 fully saturated rings. The molecule has 0 heterocycles. The van der Waals surface area contributed by atoms with Gasteiger partial charge in [-0.15, -0.1) is 0 Å². The number of carbonyl (C=O) groups is 1. The van der Waals surface area contributed by atoms with Gasteiger partial charge in [-0.3, -0.25) is 9.69 Å². The van der Waals surface area contributed by atoms with E-state index < -0.39 is 0 Å². The first-order valence-electron chi connectivity index (χ1n) is 8.44. The number of nitrogens with zero attached hydrogens (tertiary/aromatic N) is 2. The van der Waals surface area contributed by atoms with Crippen LogP contribution >= 0.6 is 11.6 Å². The van der Waals surface area contributed by atoms with Crippen molar-refractivity contribution in [2.24, 2.45) is 0 Å². The number of likely N-dealkylation sites (N-methyl/N-ethyl adjacent to an activating group) is 1. The van der Waals surface area contributed by atoms with Gasteiger partial charge in [-0.1, -0.05) is 36.7 Å². The molecule has 0 saturated carbocycles. The van der Waals surface area contributed by atoms with Gasteiger partial charge < -0.3 is 10.2 Å². The van der Waals surface area contributed by atoms with Crippen LogP contribution in [0.2, 0.25) is 5.02 Å². The molecule has 2 aromatic rings. The summed E-state index contributed by atoms with van der Waals surface area (Å²) in [5.41, 5.74) is 4.02. The lowest BCUT2D eigenvalue weighted by atomic mass is 10.2. The molecule has 0 aliphatic heterocycles. The summed E-state index contributed by atoms with van der Waals surface area (Å²) in [4.78, 5) is 16.6. The van der Waals surface area contributed by atoms with Crippen LogP contribution in [-0.4, -0.2) is 38.0 Å². The molecule has 0 radical (unpaired) electrons. The van der Waals surface area contributed by atoms with Crippen LogP contribution in [0.1, 0.15) is 18.1 Å². The van der Waals surface area contributed by atoms with Gasteiger partial charge >= 0.3 is 0 Å². The molecule has 134 valence electrons. The van der Waals surface area contributed by atoms with E-state index in [-0.39, 0.29) is 5.91 Å². The highest BCUT2D eigenvalue weighted by Crippen LogP contribution is 2.23. The monoisotopic (exact) mass is 359 g/mol. The maximum atomic E-state index is 12.4. The Morgan fingerprint density at radius 3 is 2.40 bits per heavy atom. The standard InChI is InChI=1S/C20H26ClN3O/c1-5-24(13-16-9-11-17(12-10-16)23(3)4)14-20(25)22-19-8-6-7-18(21)15(19)2/h6-12H,5,13-14H2,1-4H3,(H,22,25). The molecule has 0 aliphatic rings. The van der Waals surface area contributed by atoms with E-state index in [0.717, 1.165) is 24.3 Å². The highest BCUT2D eigenvalue weighted by atomic mass is 35.5. The van der Waals surface area contributed by atoms with Crippen LogP contribution in [0, 0.1) is 6.92 Å². The van der Waals surface area contributed by atoms with Gasteiger partial charge in [-0.25, -0.2) is 0 Å². The van der Waals surface area contributed by atoms with Gasteiger partial charge in [0.1, 0.15) is 0 Å². The lowest BCUT2D eigenvalue weighted by molar-refractivity contribution is -0.117. The van der Waals surface area contributed by atoms with Crippen LogP contribution in [0.25, 0.3) is 0 Å². The topological polar surface area (TPSA) is 35.6 Å². The molecule has 5 heteroatoms. The molecule has 1 N–H and O–H groups in total. The first-order valence-corrected chi connectivity index (χ1v) is 8.82. The number of hydrogen-bond donors (Lipinski definition) is 1. The van der Waals surface area contributed by atoms with Crippen molar-refractivity contribution in [3.05, 3.63) is 58.6 Å². The number of benzene rings is 2. The van der Waals surface area contributed by atoms with Crippen molar-refractivity contribution in [3.63, 3.8) is 0 Å². The fourth-order valence-electron chi connectivity index (χ4n) is 2.57. The Labute approximate surface area is 155 Å². The molecule has 2 aromatic carbocycles. The molecule has 4 nitrogen and oxygen atoms in total. The van der Waals surface area contributed by atoms with Crippen LogP contribution in [0.3, 0.4) is 0 Å². The second kappa shape index (κ2) is 8.88. The van der Waals surface area contributed by atoms with Crippen molar-refractivity contribution in [2.45, 2.75) is 20.4 Å². The number of nitrogens with one attached hydrogen (secondary N) is 1. The Morgan fingerprint density at radius 2 is 1.80 bits per heavy atom. The Balaban J connectivity index is 1.96. The van der Waals surface area contributed by atoms with Crippen molar-refractivity contribution in [2.75, 3.05) is 37.4 Å². The van der Waals surface area contributed by atoms with E-state index in [0.29, 0.717) is 11.6 Å². The Morgan fingerprint density at radius 1 is 1.12 bits per heavy atom. The highest BCUT2D eigenvalue weighted by Gasteiger charge is 2.12. The molecule has 0 aromatic heterocycles. The van der Waals surface area contributed by atoms with Crippen molar-refractivity contribution in [1.82, 2.24) is 4.90 Å². The Hall–Kier alpha value is -2.04. The summed E-state index contributed by atoms with van der Waals surface area (Å²) < 4.78 is 0. The van der Waals surface area contributed by atoms with E-state index in [1.807, 2.05) is 39.2 Å². The number of hydrogen-bond acceptors (Lipinski definition) is 3. The maximum absolute atomic E-state index is 12.4. The van der Waals surface area contributed by atoms with Crippen LogP contribution < -0.4 is 10.2 Å². The van der Waals surface area contributed by atoms with Gasteiger partial charge in [0.15, 0.2) is 0 Å². The predicted octanol–water partition coefficient (Wildman–Crippen LogP) is 4.18. The number of amides is 1. The molecule has 1 amide bonds. The van der Waals surface area contributed by atoms with Gasteiger partial charge in [0.05, 0.1) is 6.54 Å². The van der Waals surface area contributed by atoms with Gasteiger partial charge in [0.25, 0.3) is 0 Å². The fourth-order valence-corrected chi connectivity index (χ4v) is 2.75. The SMILES string of the molecule is CCN(CC(=O)Nc1cccc(Cl)c1C)Cc1ccc(N(C)C)cc1. The van der Waals surface area contributed by atoms with Crippen LogP contribution in [0.5, 0.6) is 0 Å². The summed E-state index contributed by atoms with van der Waals surface area (Å²) in [7, 11) is 4.05. The van der Waals surface area contributed by atoms with Crippen molar-refractivity contribution in [1.29, 1.82) is 0 Å². The Bertz CT molecular complexity index is 713. The summed E-state index contributed by atoms with van der Waals surface area (Å²) in [6.45, 7) is 5.86. The largest absolute Gasteiger partial charge is 0.378 e. The Kier molecular flexibility index (Phi) is 6.85. The highest BCUT2D eigenvalue weighted by molar-refractivity contribution is 6.31. The zero-order valence-corrected chi connectivity index (χ0v) is 16.1. The molecule has 0 unspecified atom stereocenters. The van der Waals surface area contributed by atoms with Gasteiger partial charge in [-0.05, 0) is 48.9 Å². The van der Waals surface area contributed by atoms with E-state index in [4.69, 9.17) is 11.6 Å². The molecule has 2 rings (SSSR count). The average molecular weight is 360 g/mol. The third-order valence-electron chi connectivity index (χ3n) is 4.22. The van der Waals surface area contributed by atoms with Gasteiger partial charge in [0, 0.05) is 37.0 Å². The van der Waals surface area contributed by atoms with E-state index in [2.05, 4.69) is 46.3 Å². The number of anilines is 2. The second-order valence-corrected chi connectivity index (χ2v) is 6.73. The van der Waals surface area contributed by atoms with Crippen LogP contribution in [-0.2, 0) is 11.3 Å². The quantitative estimate of drug-likeness (QED) is 0.805. The fraction of sp³-hybridized carbons (Fsp3) is 0.350.